The lowest BCUT2D eigenvalue weighted by Gasteiger charge is -1.91. The summed E-state index contributed by atoms with van der Waals surface area (Å²) < 4.78 is 1.05. The molecule has 0 atom stereocenters. The minimum absolute atomic E-state index is 0.941. The van der Waals surface area contributed by atoms with Gasteiger partial charge in [0.1, 0.15) is 5.69 Å². The molecule has 0 aliphatic rings. The van der Waals surface area contributed by atoms with E-state index in [1.807, 2.05) is 23.6 Å². The number of pyridine rings is 1. The molecule has 12 heavy (non-hydrogen) atoms. The van der Waals surface area contributed by atoms with Crippen molar-refractivity contribution in [1.82, 2.24) is 9.97 Å². The van der Waals surface area contributed by atoms with Crippen LogP contribution in [0.2, 0.25) is 0 Å². The fraction of sp³-hybridized carbons (Fsp3) is 0. The molecular weight excluding hydrogens is 283 g/mol. The van der Waals surface area contributed by atoms with Crippen LogP contribution in [0.3, 0.4) is 0 Å². The minimum Gasteiger partial charge on any atom is -0.255 e. The van der Waals surface area contributed by atoms with Crippen molar-refractivity contribution in [2.24, 2.45) is 0 Å². The molecule has 0 aliphatic heterocycles. The first kappa shape index (κ1) is 8.12. The molecule has 0 aromatic carbocycles. The summed E-state index contributed by atoms with van der Waals surface area (Å²) in [7, 11) is 0. The predicted octanol–water partition coefficient (Wildman–Crippen LogP) is 2.81. The van der Waals surface area contributed by atoms with Crippen molar-refractivity contribution in [1.29, 1.82) is 0 Å². The summed E-state index contributed by atoms with van der Waals surface area (Å²) in [5, 5.41) is 2.02. The molecule has 2 nitrogen and oxygen atoms in total. The van der Waals surface area contributed by atoms with Gasteiger partial charge in [-0.05, 0) is 34.7 Å². The molecule has 4 heteroatoms. The Morgan fingerprint density at radius 3 is 2.75 bits per heavy atom. The zero-order valence-corrected chi connectivity index (χ0v) is 9.04. The Hall–Kier alpha value is -0.490. The van der Waals surface area contributed by atoms with E-state index in [2.05, 4.69) is 32.6 Å². The van der Waals surface area contributed by atoms with Gasteiger partial charge < -0.3 is 0 Å². The molecule has 0 amide bonds. The van der Waals surface area contributed by atoms with Crippen LogP contribution in [0.15, 0.2) is 29.8 Å². The number of hydrogen-bond acceptors (Lipinski definition) is 3. The van der Waals surface area contributed by atoms with Crippen molar-refractivity contribution in [3.63, 3.8) is 0 Å². The summed E-state index contributed by atoms with van der Waals surface area (Å²) in [5.74, 6) is 0. The van der Waals surface area contributed by atoms with E-state index in [0.29, 0.717) is 0 Å². The first-order valence-electron chi connectivity index (χ1n) is 3.39. The van der Waals surface area contributed by atoms with Crippen molar-refractivity contribution in [3.8, 4) is 11.4 Å². The average molecular weight is 288 g/mol. The summed E-state index contributed by atoms with van der Waals surface area (Å²) in [4.78, 5) is 8.53. The maximum atomic E-state index is 4.32. The second-order valence-corrected chi connectivity index (χ2v) is 4.81. The number of hydrogen-bond donors (Lipinski definition) is 0. The van der Waals surface area contributed by atoms with Gasteiger partial charge >= 0.3 is 0 Å². The number of thiazole rings is 1. The van der Waals surface area contributed by atoms with Gasteiger partial charge in [0, 0.05) is 11.6 Å². The molecule has 0 saturated carbocycles. The van der Waals surface area contributed by atoms with Crippen LogP contribution in [0.4, 0.5) is 0 Å². The number of aromatic nitrogens is 2. The molecule has 2 rings (SSSR count). The van der Waals surface area contributed by atoms with Gasteiger partial charge in [-0.2, -0.15) is 0 Å². The van der Waals surface area contributed by atoms with Crippen LogP contribution in [0.1, 0.15) is 0 Å². The Morgan fingerprint density at radius 2 is 2.17 bits per heavy atom. The molecule has 0 spiro atoms. The summed E-state index contributed by atoms with van der Waals surface area (Å²) >= 11 is 3.84. The molecular formula is C8H5IN2S. The maximum Gasteiger partial charge on any atom is 0.154 e. The SMILES string of the molecule is Ic1nc(-c2ccccn2)cs1. The number of halogens is 1. The van der Waals surface area contributed by atoms with Crippen LogP contribution in [0, 0.1) is 3.01 Å². The summed E-state index contributed by atoms with van der Waals surface area (Å²) in [6.45, 7) is 0. The molecule has 0 unspecified atom stereocenters. The van der Waals surface area contributed by atoms with Crippen LogP contribution in [-0.2, 0) is 0 Å². The molecule has 60 valence electrons. The molecule has 2 aromatic heterocycles. The lowest BCUT2D eigenvalue weighted by Crippen LogP contribution is -1.80. The third kappa shape index (κ3) is 1.64. The average Bonchev–Trinajstić information content (AvgIpc) is 2.54. The van der Waals surface area contributed by atoms with Crippen LogP contribution >= 0.6 is 33.9 Å². The van der Waals surface area contributed by atoms with Crippen molar-refractivity contribution in [3.05, 3.63) is 32.8 Å². The van der Waals surface area contributed by atoms with Crippen LogP contribution in [0.5, 0.6) is 0 Å². The van der Waals surface area contributed by atoms with Crippen molar-refractivity contribution >= 4 is 33.9 Å². The fourth-order valence-electron chi connectivity index (χ4n) is 0.884. The lowest BCUT2D eigenvalue weighted by molar-refractivity contribution is 1.27. The van der Waals surface area contributed by atoms with E-state index >= 15 is 0 Å². The molecule has 2 aromatic rings. The summed E-state index contributed by atoms with van der Waals surface area (Å²) in [6, 6.07) is 5.83. The Balaban J connectivity index is 2.45. The third-order valence-corrected chi connectivity index (χ3v) is 3.03. The molecule has 0 aliphatic carbocycles. The first-order valence-corrected chi connectivity index (χ1v) is 5.34. The van der Waals surface area contributed by atoms with Gasteiger partial charge in [-0.1, -0.05) is 6.07 Å². The van der Waals surface area contributed by atoms with Gasteiger partial charge in [0.05, 0.1) is 5.69 Å². The van der Waals surface area contributed by atoms with E-state index in [0.717, 1.165) is 14.4 Å². The van der Waals surface area contributed by atoms with Gasteiger partial charge in [0.2, 0.25) is 0 Å². The maximum absolute atomic E-state index is 4.32. The second kappa shape index (κ2) is 3.49. The Morgan fingerprint density at radius 1 is 1.25 bits per heavy atom. The lowest BCUT2D eigenvalue weighted by atomic mass is 10.3. The smallest absolute Gasteiger partial charge is 0.154 e. The molecule has 0 bridgehead atoms. The van der Waals surface area contributed by atoms with Crippen LogP contribution in [-0.4, -0.2) is 9.97 Å². The summed E-state index contributed by atoms with van der Waals surface area (Å²) in [6.07, 6.45) is 1.78. The number of rotatable bonds is 1. The second-order valence-electron chi connectivity index (χ2n) is 2.20. The molecule has 0 radical (unpaired) electrons. The Labute approximate surface area is 87.8 Å². The van der Waals surface area contributed by atoms with Crippen LogP contribution in [0.25, 0.3) is 11.4 Å². The topological polar surface area (TPSA) is 25.8 Å². The summed E-state index contributed by atoms with van der Waals surface area (Å²) in [5.41, 5.74) is 1.90. The van der Waals surface area contributed by atoms with Gasteiger partial charge in [0.25, 0.3) is 0 Å². The van der Waals surface area contributed by atoms with E-state index < -0.39 is 0 Å². The van der Waals surface area contributed by atoms with Crippen molar-refractivity contribution < 1.29 is 0 Å². The Kier molecular flexibility index (Phi) is 2.36. The highest BCUT2D eigenvalue weighted by atomic mass is 127. The molecule has 0 fully saturated rings. The minimum atomic E-state index is 0.941. The standard InChI is InChI=1S/C8H5IN2S/c9-8-11-7(5-12-8)6-3-1-2-4-10-6/h1-5H. The quantitative estimate of drug-likeness (QED) is 0.754. The van der Waals surface area contributed by atoms with E-state index in [1.165, 1.54) is 0 Å². The van der Waals surface area contributed by atoms with Gasteiger partial charge in [0.15, 0.2) is 3.01 Å². The van der Waals surface area contributed by atoms with Gasteiger partial charge in [-0.3, -0.25) is 4.98 Å². The molecule has 0 saturated heterocycles. The zero-order valence-electron chi connectivity index (χ0n) is 6.07. The Bertz CT molecular complexity index is 372. The monoisotopic (exact) mass is 288 g/mol. The third-order valence-electron chi connectivity index (χ3n) is 1.40. The fourth-order valence-corrected chi connectivity index (χ4v) is 2.06. The largest absolute Gasteiger partial charge is 0.255 e. The molecule has 2 heterocycles. The highest BCUT2D eigenvalue weighted by Crippen LogP contribution is 2.20. The highest BCUT2D eigenvalue weighted by Gasteiger charge is 2.01. The first-order chi connectivity index (χ1) is 5.86. The van der Waals surface area contributed by atoms with Crippen molar-refractivity contribution in [2.75, 3.05) is 0 Å². The van der Waals surface area contributed by atoms with Crippen molar-refractivity contribution in [2.45, 2.75) is 0 Å². The van der Waals surface area contributed by atoms with E-state index in [1.54, 1.807) is 17.5 Å². The van der Waals surface area contributed by atoms with Gasteiger partial charge in [-0.25, -0.2) is 4.98 Å². The zero-order chi connectivity index (χ0) is 8.39. The normalized spacial score (nSPS) is 10.1. The predicted molar refractivity (Wildman–Crippen MR) is 58.1 cm³/mol. The van der Waals surface area contributed by atoms with E-state index in [4.69, 9.17) is 0 Å². The van der Waals surface area contributed by atoms with E-state index in [9.17, 15) is 0 Å². The highest BCUT2D eigenvalue weighted by molar-refractivity contribution is 14.1. The number of nitrogens with zero attached hydrogens (tertiary/aromatic N) is 2. The van der Waals surface area contributed by atoms with Crippen LogP contribution < -0.4 is 0 Å². The van der Waals surface area contributed by atoms with E-state index in [-0.39, 0.29) is 0 Å². The van der Waals surface area contributed by atoms with Gasteiger partial charge in [-0.15, -0.1) is 11.3 Å². The molecule has 0 N–H and O–H groups in total.